The van der Waals surface area contributed by atoms with Crippen molar-refractivity contribution in [1.29, 1.82) is 0 Å². The van der Waals surface area contributed by atoms with Crippen molar-refractivity contribution in [2.75, 3.05) is 13.2 Å². The monoisotopic (exact) mass is 424 g/mol. The fraction of sp³-hybridized carbons (Fsp3) is 0.318. The Morgan fingerprint density at radius 3 is 2.71 bits per heavy atom. The predicted octanol–water partition coefficient (Wildman–Crippen LogP) is 3.29. The van der Waals surface area contributed by atoms with Gasteiger partial charge in [-0.15, -0.1) is 0 Å². The molecule has 0 saturated carbocycles. The molecule has 31 heavy (non-hydrogen) atoms. The molecule has 2 aliphatic heterocycles. The van der Waals surface area contributed by atoms with Crippen molar-refractivity contribution >= 4 is 23.5 Å². The van der Waals surface area contributed by atoms with Crippen LogP contribution >= 0.6 is 0 Å². The van der Waals surface area contributed by atoms with Crippen molar-refractivity contribution in [1.82, 2.24) is 4.90 Å². The topological polar surface area (TPSA) is 116 Å². The van der Waals surface area contributed by atoms with Crippen LogP contribution in [0.25, 0.3) is 0 Å². The number of carbonyl (C=O) groups is 3. The number of hydrogen-bond donors (Lipinski definition) is 0. The molecule has 1 fully saturated rings. The molecular weight excluding hydrogens is 404 g/mol. The zero-order chi connectivity index (χ0) is 22.1. The number of nitro groups is 1. The van der Waals surface area contributed by atoms with Gasteiger partial charge in [-0.2, -0.15) is 0 Å². The molecule has 1 saturated heterocycles. The maximum absolute atomic E-state index is 12.7. The molecule has 9 nitrogen and oxygen atoms in total. The van der Waals surface area contributed by atoms with Crippen LogP contribution in [0.2, 0.25) is 0 Å². The molecule has 0 spiro atoms. The summed E-state index contributed by atoms with van der Waals surface area (Å²) in [6, 6.07) is 10.1. The smallest absolute Gasteiger partial charge is 0.338 e. The Morgan fingerprint density at radius 2 is 2.00 bits per heavy atom. The summed E-state index contributed by atoms with van der Waals surface area (Å²) in [6.45, 7) is 2.41. The number of amides is 2. The fourth-order valence-corrected chi connectivity index (χ4v) is 3.76. The first-order valence-electron chi connectivity index (χ1n) is 9.92. The third kappa shape index (κ3) is 4.04. The van der Waals surface area contributed by atoms with E-state index in [0.29, 0.717) is 12.2 Å². The Kier molecular flexibility index (Phi) is 5.51. The molecule has 0 aliphatic carbocycles. The number of imide groups is 1. The lowest BCUT2D eigenvalue weighted by molar-refractivity contribution is -0.385. The molecule has 0 unspecified atom stereocenters. The van der Waals surface area contributed by atoms with Gasteiger partial charge < -0.3 is 9.47 Å². The number of nitrogens with zero attached hydrogens (tertiary/aromatic N) is 2. The van der Waals surface area contributed by atoms with Crippen LogP contribution in [-0.4, -0.2) is 46.9 Å². The van der Waals surface area contributed by atoms with Crippen LogP contribution in [0, 0.1) is 10.1 Å². The van der Waals surface area contributed by atoms with Crippen molar-refractivity contribution in [3.05, 3.63) is 74.8 Å². The average Bonchev–Trinajstić information content (AvgIpc) is 3.36. The van der Waals surface area contributed by atoms with E-state index in [0.717, 1.165) is 17.7 Å². The van der Waals surface area contributed by atoms with Gasteiger partial charge in [-0.05, 0) is 43.5 Å². The molecule has 2 aliphatic rings. The van der Waals surface area contributed by atoms with Gasteiger partial charge in [0.15, 0.2) is 0 Å². The van der Waals surface area contributed by atoms with Gasteiger partial charge in [0.25, 0.3) is 17.5 Å². The zero-order valence-electron chi connectivity index (χ0n) is 16.8. The molecule has 0 aromatic heterocycles. The summed E-state index contributed by atoms with van der Waals surface area (Å²) in [4.78, 5) is 49.5. The number of nitro benzene ring substituents is 1. The molecule has 2 amide bonds. The summed E-state index contributed by atoms with van der Waals surface area (Å²) >= 11 is 0. The lowest BCUT2D eigenvalue weighted by atomic mass is 10.1. The van der Waals surface area contributed by atoms with Crippen LogP contribution in [0.1, 0.15) is 62.5 Å². The average molecular weight is 424 g/mol. The Balaban J connectivity index is 1.49. The molecule has 160 valence electrons. The Hall–Kier alpha value is -3.59. The Labute approximate surface area is 177 Å². The van der Waals surface area contributed by atoms with E-state index in [1.165, 1.54) is 36.4 Å². The number of hydrogen-bond acceptors (Lipinski definition) is 7. The molecule has 9 heteroatoms. The van der Waals surface area contributed by atoms with Crippen LogP contribution in [0.4, 0.5) is 5.69 Å². The highest BCUT2D eigenvalue weighted by Gasteiger charge is 2.38. The van der Waals surface area contributed by atoms with Crippen LogP contribution in [0.15, 0.2) is 42.5 Å². The van der Waals surface area contributed by atoms with E-state index in [2.05, 4.69) is 0 Å². The van der Waals surface area contributed by atoms with Crippen molar-refractivity contribution in [2.24, 2.45) is 0 Å². The highest BCUT2D eigenvalue weighted by atomic mass is 16.6. The Bertz CT molecular complexity index is 1080. The van der Waals surface area contributed by atoms with E-state index in [9.17, 15) is 24.5 Å². The summed E-state index contributed by atoms with van der Waals surface area (Å²) in [5.41, 5.74) is 0.883. The number of rotatable bonds is 6. The van der Waals surface area contributed by atoms with Crippen molar-refractivity contribution in [2.45, 2.75) is 32.0 Å². The standard InChI is InChI=1S/C22H20N2O7/c1-13(14-4-2-5-16(10-14)24(28)29)31-22(27)15-7-8-18-19(11-15)21(26)23(20(18)25)12-17-6-3-9-30-17/h2,4-5,7-8,10-11,13,17H,3,6,9,12H2,1H3/t13-,17-/m1/s1. The first kappa shape index (κ1) is 20.7. The lowest BCUT2D eigenvalue weighted by Gasteiger charge is -2.17. The first-order chi connectivity index (χ1) is 14.8. The minimum atomic E-state index is -0.742. The zero-order valence-corrected chi connectivity index (χ0v) is 16.8. The van der Waals surface area contributed by atoms with E-state index >= 15 is 0 Å². The molecular formula is C22H20N2O7. The van der Waals surface area contributed by atoms with Gasteiger partial charge in [0.2, 0.25) is 0 Å². The molecule has 0 bridgehead atoms. The van der Waals surface area contributed by atoms with E-state index in [4.69, 9.17) is 9.47 Å². The largest absolute Gasteiger partial charge is 0.454 e. The highest BCUT2D eigenvalue weighted by molar-refractivity contribution is 6.22. The van der Waals surface area contributed by atoms with Gasteiger partial charge in [0.05, 0.1) is 34.3 Å². The quantitative estimate of drug-likeness (QED) is 0.302. The van der Waals surface area contributed by atoms with Gasteiger partial charge in [0.1, 0.15) is 6.10 Å². The number of ether oxygens (including phenoxy) is 2. The fourth-order valence-electron chi connectivity index (χ4n) is 3.76. The van der Waals surface area contributed by atoms with Gasteiger partial charge in [-0.1, -0.05) is 12.1 Å². The van der Waals surface area contributed by atoms with E-state index < -0.39 is 28.8 Å². The lowest BCUT2D eigenvalue weighted by Crippen LogP contribution is -2.36. The maximum atomic E-state index is 12.7. The summed E-state index contributed by atoms with van der Waals surface area (Å²) in [6.07, 6.45) is 0.782. The molecule has 2 aromatic rings. The second kappa shape index (κ2) is 8.27. The molecule has 2 heterocycles. The van der Waals surface area contributed by atoms with Crippen LogP contribution in [-0.2, 0) is 9.47 Å². The third-order valence-corrected chi connectivity index (χ3v) is 5.45. The number of benzene rings is 2. The summed E-state index contributed by atoms with van der Waals surface area (Å²) < 4.78 is 10.9. The minimum Gasteiger partial charge on any atom is -0.454 e. The number of carbonyl (C=O) groups excluding carboxylic acids is 3. The van der Waals surface area contributed by atoms with E-state index in [-0.39, 0.29) is 35.0 Å². The molecule has 4 rings (SSSR count). The molecule has 0 radical (unpaired) electrons. The van der Waals surface area contributed by atoms with Crippen LogP contribution < -0.4 is 0 Å². The van der Waals surface area contributed by atoms with Gasteiger partial charge >= 0.3 is 5.97 Å². The first-order valence-corrected chi connectivity index (χ1v) is 9.92. The van der Waals surface area contributed by atoms with Crippen LogP contribution in [0.5, 0.6) is 0 Å². The van der Waals surface area contributed by atoms with Crippen LogP contribution in [0.3, 0.4) is 0 Å². The van der Waals surface area contributed by atoms with Gasteiger partial charge in [-0.3, -0.25) is 24.6 Å². The third-order valence-electron chi connectivity index (χ3n) is 5.45. The number of non-ortho nitro benzene ring substituents is 1. The second-order valence-corrected chi connectivity index (χ2v) is 7.52. The number of esters is 1. The summed E-state index contributed by atoms with van der Waals surface area (Å²) in [7, 11) is 0. The maximum Gasteiger partial charge on any atom is 0.338 e. The van der Waals surface area contributed by atoms with Crippen molar-refractivity contribution in [3.8, 4) is 0 Å². The Morgan fingerprint density at radius 1 is 1.23 bits per heavy atom. The van der Waals surface area contributed by atoms with Gasteiger partial charge in [0, 0.05) is 18.7 Å². The molecule has 2 atom stereocenters. The minimum absolute atomic E-state index is 0.103. The van der Waals surface area contributed by atoms with E-state index in [1.807, 2.05) is 0 Å². The molecule has 2 aromatic carbocycles. The predicted molar refractivity (Wildman–Crippen MR) is 108 cm³/mol. The number of fused-ring (bicyclic) bond motifs is 1. The van der Waals surface area contributed by atoms with Crippen molar-refractivity contribution < 1.29 is 28.8 Å². The highest BCUT2D eigenvalue weighted by Crippen LogP contribution is 2.28. The molecule has 0 N–H and O–H groups in total. The van der Waals surface area contributed by atoms with Crippen molar-refractivity contribution in [3.63, 3.8) is 0 Å². The summed E-state index contributed by atoms with van der Waals surface area (Å²) in [5.74, 6) is -1.56. The second-order valence-electron chi connectivity index (χ2n) is 7.52. The summed E-state index contributed by atoms with van der Waals surface area (Å²) in [5, 5.41) is 10.9. The SMILES string of the molecule is C[C@@H](OC(=O)c1ccc2c(c1)C(=O)N(C[C@H]1CCCO1)C2=O)c1cccc([N+](=O)[O-])c1. The van der Waals surface area contributed by atoms with E-state index in [1.54, 1.807) is 13.0 Å². The van der Waals surface area contributed by atoms with Gasteiger partial charge in [-0.25, -0.2) is 4.79 Å². The normalized spacial score (nSPS) is 18.7.